The number of hydrogen-bond donors (Lipinski definition) is 0. The number of benzene rings is 11. The molecule has 1 aromatic heterocycles. The molecule has 1 unspecified atom stereocenters. The summed E-state index contributed by atoms with van der Waals surface area (Å²) >= 11 is 0. The van der Waals surface area contributed by atoms with Crippen LogP contribution < -0.4 is 0 Å². The summed E-state index contributed by atoms with van der Waals surface area (Å²) < 4.78 is 6.50. The zero-order valence-corrected chi connectivity index (χ0v) is 39.2. The van der Waals surface area contributed by atoms with E-state index in [1.807, 2.05) is 6.07 Å². The fourth-order valence-electron chi connectivity index (χ4n) is 12.5. The molecule has 1 atom stereocenters. The number of hydrogen-bond acceptors (Lipinski definition) is 1. The Morgan fingerprint density at radius 3 is 1.59 bits per heavy atom. The molecule has 1 spiro atoms. The lowest BCUT2D eigenvalue weighted by Gasteiger charge is -2.31. The summed E-state index contributed by atoms with van der Waals surface area (Å²) in [4.78, 5) is 0. The van der Waals surface area contributed by atoms with Gasteiger partial charge in [-0.05, 0) is 125 Å². The van der Waals surface area contributed by atoms with Crippen molar-refractivity contribution >= 4 is 21.9 Å². The van der Waals surface area contributed by atoms with Gasteiger partial charge in [-0.3, -0.25) is 0 Å². The molecule has 2 aliphatic carbocycles. The molecule has 11 aromatic carbocycles. The summed E-state index contributed by atoms with van der Waals surface area (Å²) in [6.45, 7) is 0. The molecule has 1 heteroatoms. The third-order valence-electron chi connectivity index (χ3n) is 15.6. The second-order valence-corrected chi connectivity index (χ2v) is 19.4. The summed E-state index contributed by atoms with van der Waals surface area (Å²) in [5, 5.41) is 2.29. The lowest BCUT2D eigenvalue weighted by Crippen LogP contribution is -2.26. The van der Waals surface area contributed by atoms with Crippen LogP contribution in [0.4, 0.5) is 0 Å². The van der Waals surface area contributed by atoms with Crippen LogP contribution in [0.3, 0.4) is 0 Å². The van der Waals surface area contributed by atoms with Crippen molar-refractivity contribution in [1.82, 2.24) is 0 Å². The first-order chi connectivity index (χ1) is 35.2. The molecular formula is C70H48O. The Hall–Kier alpha value is -8.78. The Bertz CT molecular complexity index is 3940. The van der Waals surface area contributed by atoms with Crippen molar-refractivity contribution in [3.63, 3.8) is 0 Å². The molecule has 0 aliphatic heterocycles. The molecule has 0 radical (unpaired) electrons. The highest BCUT2D eigenvalue weighted by Gasteiger charge is 2.52. The normalized spacial score (nSPS) is 13.2. The molecule has 0 saturated heterocycles. The first kappa shape index (κ1) is 41.2. The molecule has 0 amide bonds. The molecular weight excluding hydrogens is 857 g/mol. The molecule has 0 fully saturated rings. The van der Waals surface area contributed by atoms with E-state index in [0.717, 1.165) is 45.9 Å². The van der Waals surface area contributed by atoms with Crippen LogP contribution >= 0.6 is 0 Å². The predicted octanol–water partition coefficient (Wildman–Crippen LogP) is 18.2. The van der Waals surface area contributed by atoms with Gasteiger partial charge in [-0.25, -0.2) is 0 Å². The lowest BCUT2D eigenvalue weighted by atomic mass is 9.70. The quantitative estimate of drug-likeness (QED) is 0.141. The average Bonchev–Trinajstić information content (AvgIpc) is 4.08. The van der Waals surface area contributed by atoms with Crippen molar-refractivity contribution in [2.45, 2.75) is 24.2 Å². The molecule has 0 N–H and O–H groups in total. The van der Waals surface area contributed by atoms with Crippen LogP contribution in [0, 0.1) is 0 Å². The molecule has 71 heavy (non-hydrogen) atoms. The maximum atomic E-state index is 6.50. The minimum Gasteiger partial charge on any atom is -0.455 e. The Morgan fingerprint density at radius 2 is 0.831 bits per heavy atom. The minimum absolute atomic E-state index is 0.206. The lowest BCUT2D eigenvalue weighted by molar-refractivity contribution is 0.670. The van der Waals surface area contributed by atoms with Gasteiger partial charge in [0, 0.05) is 16.3 Å². The fraction of sp³-hybridized carbons (Fsp3) is 0.0571. The molecule has 1 nitrogen and oxygen atoms in total. The summed E-state index contributed by atoms with van der Waals surface area (Å²) in [5.41, 5.74) is 25.8. The first-order valence-electron chi connectivity index (χ1n) is 25.0. The van der Waals surface area contributed by atoms with Crippen molar-refractivity contribution in [3.05, 3.63) is 300 Å². The molecule has 2 aliphatic rings. The van der Waals surface area contributed by atoms with Gasteiger partial charge in [0.15, 0.2) is 0 Å². The van der Waals surface area contributed by atoms with E-state index in [-0.39, 0.29) is 5.92 Å². The van der Waals surface area contributed by atoms with Crippen molar-refractivity contribution in [2.24, 2.45) is 0 Å². The standard InChI is InChI=1S/C70H48O/c1-3-19-48(20-4-1)52-23-15-18-46(42-52)43-53(55-25-8-7-24-54(55)49-21-5-2-6-22-49)44-47-36-41-62-66(45-47)70(63-32-12-9-26-58(63)59-27-10-13-33-64(59)70)65-34-17-29-56(68(62)65)50-37-39-51(40-38-50)57-30-16-31-61-60-28-11-14-35-67(60)71-69(57)61/h1-42,45,53H,43-44H2. The Kier molecular flexibility index (Phi) is 9.71. The zero-order valence-electron chi connectivity index (χ0n) is 39.2. The van der Waals surface area contributed by atoms with E-state index in [2.05, 4.69) is 255 Å². The van der Waals surface area contributed by atoms with E-state index in [1.54, 1.807) is 0 Å². The highest BCUT2D eigenvalue weighted by Crippen LogP contribution is 2.64. The van der Waals surface area contributed by atoms with Crippen LogP contribution in [0.15, 0.2) is 265 Å². The maximum absolute atomic E-state index is 6.50. The first-order valence-corrected chi connectivity index (χ1v) is 25.0. The van der Waals surface area contributed by atoms with Crippen LogP contribution in [-0.4, -0.2) is 0 Å². The second kappa shape index (κ2) is 16.7. The highest BCUT2D eigenvalue weighted by molar-refractivity contribution is 6.09. The van der Waals surface area contributed by atoms with E-state index in [1.165, 1.54) is 94.6 Å². The van der Waals surface area contributed by atoms with Crippen LogP contribution in [-0.2, 0) is 18.3 Å². The summed E-state index contributed by atoms with van der Waals surface area (Å²) in [5.74, 6) is 0.206. The minimum atomic E-state index is -0.484. The van der Waals surface area contributed by atoms with E-state index in [9.17, 15) is 0 Å². The van der Waals surface area contributed by atoms with Gasteiger partial charge in [0.25, 0.3) is 0 Å². The summed E-state index contributed by atoms with van der Waals surface area (Å²) in [6.07, 6.45) is 1.79. The van der Waals surface area contributed by atoms with Crippen molar-refractivity contribution < 1.29 is 4.42 Å². The van der Waals surface area contributed by atoms with E-state index in [4.69, 9.17) is 4.42 Å². The third kappa shape index (κ3) is 6.61. The third-order valence-corrected chi connectivity index (χ3v) is 15.6. The molecule has 1 heterocycles. The zero-order chi connectivity index (χ0) is 46.9. The van der Waals surface area contributed by atoms with Crippen LogP contribution in [0.25, 0.3) is 88.7 Å². The Morgan fingerprint density at radius 1 is 0.310 bits per heavy atom. The summed E-state index contributed by atoms with van der Waals surface area (Å²) in [6, 6.07) is 96.8. The fourth-order valence-corrected chi connectivity index (χ4v) is 12.5. The molecule has 14 rings (SSSR count). The van der Waals surface area contributed by atoms with Crippen LogP contribution in [0.1, 0.15) is 44.9 Å². The van der Waals surface area contributed by atoms with E-state index >= 15 is 0 Å². The smallest absolute Gasteiger partial charge is 0.143 e. The van der Waals surface area contributed by atoms with Crippen LogP contribution in [0.2, 0.25) is 0 Å². The van der Waals surface area contributed by atoms with E-state index < -0.39 is 5.41 Å². The van der Waals surface area contributed by atoms with Crippen molar-refractivity contribution in [2.75, 3.05) is 0 Å². The van der Waals surface area contributed by atoms with Gasteiger partial charge in [-0.2, -0.15) is 0 Å². The predicted molar refractivity (Wildman–Crippen MR) is 295 cm³/mol. The topological polar surface area (TPSA) is 13.1 Å². The average molecular weight is 905 g/mol. The Balaban J connectivity index is 0.925. The SMILES string of the molecule is c1ccc(-c2cccc(CC(Cc3ccc4c(c3)C3(c5ccccc5-c5ccccc53)c3cccc(-c5ccc(-c6cccc7c6oc6ccccc67)cc5)c3-4)c3ccccc3-c3ccccc3)c2)cc1. The van der Waals surface area contributed by atoms with Gasteiger partial charge in [-0.1, -0.05) is 255 Å². The number of furan rings is 1. The van der Waals surface area contributed by atoms with Gasteiger partial charge in [0.2, 0.25) is 0 Å². The second-order valence-electron chi connectivity index (χ2n) is 19.4. The molecule has 12 aromatic rings. The van der Waals surface area contributed by atoms with Gasteiger partial charge >= 0.3 is 0 Å². The van der Waals surface area contributed by atoms with E-state index in [0.29, 0.717) is 0 Å². The van der Waals surface area contributed by atoms with Gasteiger partial charge in [0.05, 0.1) is 5.41 Å². The molecule has 0 saturated carbocycles. The van der Waals surface area contributed by atoms with Crippen molar-refractivity contribution in [3.8, 4) is 66.8 Å². The summed E-state index contributed by atoms with van der Waals surface area (Å²) in [7, 11) is 0. The largest absolute Gasteiger partial charge is 0.455 e. The maximum Gasteiger partial charge on any atom is 0.143 e. The number of para-hydroxylation sites is 2. The number of rotatable bonds is 9. The highest BCUT2D eigenvalue weighted by atomic mass is 16.3. The van der Waals surface area contributed by atoms with Gasteiger partial charge < -0.3 is 4.42 Å². The monoisotopic (exact) mass is 904 g/mol. The van der Waals surface area contributed by atoms with Gasteiger partial charge in [-0.15, -0.1) is 0 Å². The van der Waals surface area contributed by atoms with Gasteiger partial charge in [0.1, 0.15) is 11.2 Å². The Labute approximate surface area is 415 Å². The molecule has 334 valence electrons. The molecule has 0 bridgehead atoms. The van der Waals surface area contributed by atoms with Crippen molar-refractivity contribution in [1.29, 1.82) is 0 Å². The number of fused-ring (bicyclic) bond motifs is 13. The van der Waals surface area contributed by atoms with Crippen LogP contribution in [0.5, 0.6) is 0 Å².